The van der Waals surface area contributed by atoms with Gasteiger partial charge in [-0.1, -0.05) is 37.3 Å². The highest BCUT2D eigenvalue weighted by Crippen LogP contribution is 2.28. The maximum Gasteiger partial charge on any atom is 0.257 e. The number of hydrogen-bond acceptors (Lipinski definition) is 3. The number of ether oxygens (including phenoxy) is 1. The Bertz CT molecular complexity index is 773. The third-order valence-corrected chi connectivity index (χ3v) is 3.58. The molecule has 0 aliphatic rings. The summed E-state index contributed by atoms with van der Waals surface area (Å²) in [5, 5.41) is 2.90. The van der Waals surface area contributed by atoms with Crippen molar-refractivity contribution in [1.82, 2.24) is 4.98 Å². The van der Waals surface area contributed by atoms with Crippen LogP contribution >= 0.6 is 0 Å². The molecule has 1 aromatic carbocycles. The molecule has 0 aliphatic carbocycles. The molecule has 2 rings (SSSR count). The average molecular weight is 322 g/mol. The fraction of sp³-hybridized carbons (Fsp3) is 0.300. The first-order valence-corrected chi connectivity index (χ1v) is 8.04. The van der Waals surface area contributed by atoms with Gasteiger partial charge in [-0.3, -0.25) is 9.78 Å². The smallest absolute Gasteiger partial charge is 0.257 e. The summed E-state index contributed by atoms with van der Waals surface area (Å²) in [7, 11) is 1.58. The number of nitrogens with zero attached hydrogens (tertiary/aromatic N) is 1. The highest BCUT2D eigenvalue weighted by Gasteiger charge is 2.12. The predicted octanol–water partition coefficient (Wildman–Crippen LogP) is 4.19. The number of hydrogen-bond donors (Lipinski definition) is 1. The van der Waals surface area contributed by atoms with Crippen LogP contribution in [0.25, 0.3) is 0 Å². The van der Waals surface area contributed by atoms with Crippen molar-refractivity contribution in [2.45, 2.75) is 33.1 Å². The first kappa shape index (κ1) is 17.6. The molecule has 124 valence electrons. The van der Waals surface area contributed by atoms with Crippen molar-refractivity contribution in [3.8, 4) is 17.6 Å². The van der Waals surface area contributed by atoms with Crippen LogP contribution in [0.4, 0.5) is 5.69 Å². The maximum absolute atomic E-state index is 12.5. The number of para-hydroxylation sites is 1. The molecule has 4 nitrogen and oxygen atoms in total. The van der Waals surface area contributed by atoms with Crippen molar-refractivity contribution in [3.05, 3.63) is 53.3 Å². The van der Waals surface area contributed by atoms with Crippen molar-refractivity contribution in [2.75, 3.05) is 12.4 Å². The number of nitrogens with one attached hydrogen (secondary N) is 1. The van der Waals surface area contributed by atoms with Gasteiger partial charge in [-0.25, -0.2) is 0 Å². The number of aryl methyl sites for hydroxylation is 1. The second kappa shape index (κ2) is 8.73. The van der Waals surface area contributed by atoms with E-state index < -0.39 is 0 Å². The van der Waals surface area contributed by atoms with E-state index in [-0.39, 0.29) is 5.91 Å². The molecule has 0 aliphatic heterocycles. The van der Waals surface area contributed by atoms with Crippen LogP contribution in [0.5, 0.6) is 5.75 Å². The van der Waals surface area contributed by atoms with Crippen molar-refractivity contribution >= 4 is 11.6 Å². The lowest BCUT2D eigenvalue weighted by atomic mass is 10.1. The number of benzene rings is 1. The lowest BCUT2D eigenvalue weighted by molar-refractivity contribution is 0.102. The SMILES string of the molecule is CCCCC#Cc1cncc(C(=O)Nc2c(C)cccc2OC)c1. The van der Waals surface area contributed by atoms with E-state index in [1.165, 1.54) is 6.20 Å². The maximum atomic E-state index is 12.5. The number of anilines is 1. The summed E-state index contributed by atoms with van der Waals surface area (Å²) in [4.78, 5) is 16.6. The lowest BCUT2D eigenvalue weighted by Crippen LogP contribution is -2.14. The molecule has 1 aromatic heterocycles. The fourth-order valence-electron chi connectivity index (χ4n) is 2.22. The summed E-state index contributed by atoms with van der Waals surface area (Å²) >= 11 is 0. The van der Waals surface area contributed by atoms with Crippen LogP contribution in [0.3, 0.4) is 0 Å². The van der Waals surface area contributed by atoms with Gasteiger partial charge in [0, 0.05) is 24.4 Å². The summed E-state index contributed by atoms with van der Waals surface area (Å²) in [6.07, 6.45) is 6.26. The molecular weight excluding hydrogens is 300 g/mol. The van der Waals surface area contributed by atoms with Crippen molar-refractivity contribution in [1.29, 1.82) is 0 Å². The van der Waals surface area contributed by atoms with E-state index in [4.69, 9.17) is 4.74 Å². The van der Waals surface area contributed by atoms with Gasteiger partial charge in [-0.05, 0) is 31.0 Å². The third-order valence-electron chi connectivity index (χ3n) is 3.58. The molecule has 0 fully saturated rings. The molecule has 0 saturated carbocycles. The first-order chi connectivity index (χ1) is 11.7. The summed E-state index contributed by atoms with van der Waals surface area (Å²) in [6.45, 7) is 4.06. The Hall–Kier alpha value is -2.80. The van der Waals surface area contributed by atoms with Crippen molar-refractivity contribution in [2.24, 2.45) is 0 Å². The zero-order valence-corrected chi connectivity index (χ0v) is 14.3. The van der Waals surface area contributed by atoms with E-state index in [0.717, 1.165) is 30.4 Å². The molecule has 2 aromatic rings. The van der Waals surface area contributed by atoms with E-state index in [2.05, 4.69) is 29.1 Å². The zero-order chi connectivity index (χ0) is 17.4. The molecule has 0 unspecified atom stereocenters. The number of amides is 1. The average Bonchev–Trinajstić information content (AvgIpc) is 2.60. The highest BCUT2D eigenvalue weighted by molar-refractivity contribution is 6.05. The van der Waals surface area contributed by atoms with Crippen LogP contribution in [0, 0.1) is 18.8 Å². The van der Waals surface area contributed by atoms with Crippen LogP contribution in [-0.4, -0.2) is 18.0 Å². The number of pyridine rings is 1. The van der Waals surface area contributed by atoms with Crippen molar-refractivity contribution < 1.29 is 9.53 Å². The molecule has 0 atom stereocenters. The molecule has 4 heteroatoms. The van der Waals surface area contributed by atoms with Crippen LogP contribution < -0.4 is 10.1 Å². The molecule has 24 heavy (non-hydrogen) atoms. The molecule has 1 heterocycles. The lowest BCUT2D eigenvalue weighted by Gasteiger charge is -2.12. The largest absolute Gasteiger partial charge is 0.495 e. The molecule has 1 amide bonds. The van der Waals surface area contributed by atoms with Gasteiger partial charge >= 0.3 is 0 Å². The van der Waals surface area contributed by atoms with Gasteiger partial charge < -0.3 is 10.1 Å². The minimum atomic E-state index is -0.229. The number of carbonyl (C=O) groups excluding carboxylic acids is 1. The third kappa shape index (κ3) is 4.60. The highest BCUT2D eigenvalue weighted by atomic mass is 16.5. The Morgan fingerprint density at radius 3 is 2.92 bits per heavy atom. The van der Waals surface area contributed by atoms with Crippen LogP contribution in [0.1, 0.15) is 47.7 Å². The molecule has 1 N–H and O–H groups in total. The number of aromatic nitrogens is 1. The van der Waals surface area contributed by atoms with E-state index in [1.54, 1.807) is 19.4 Å². The van der Waals surface area contributed by atoms with E-state index in [9.17, 15) is 4.79 Å². The van der Waals surface area contributed by atoms with E-state index >= 15 is 0 Å². The van der Waals surface area contributed by atoms with Gasteiger partial charge in [0.1, 0.15) is 5.75 Å². The summed E-state index contributed by atoms with van der Waals surface area (Å²) in [5.74, 6) is 6.56. The Morgan fingerprint density at radius 1 is 1.33 bits per heavy atom. The summed E-state index contributed by atoms with van der Waals surface area (Å²) in [5.41, 5.74) is 2.83. The molecule has 0 spiro atoms. The van der Waals surface area contributed by atoms with E-state index in [0.29, 0.717) is 17.0 Å². The Morgan fingerprint density at radius 2 is 2.17 bits per heavy atom. The monoisotopic (exact) mass is 322 g/mol. The molecule has 0 bridgehead atoms. The number of rotatable bonds is 5. The van der Waals surface area contributed by atoms with Crippen LogP contribution in [-0.2, 0) is 0 Å². The summed E-state index contributed by atoms with van der Waals surface area (Å²) in [6, 6.07) is 7.38. The molecule has 0 saturated heterocycles. The molecular formula is C20H22N2O2. The van der Waals surface area contributed by atoms with Crippen LogP contribution in [0.15, 0.2) is 36.7 Å². The minimum absolute atomic E-state index is 0.229. The minimum Gasteiger partial charge on any atom is -0.495 e. The van der Waals surface area contributed by atoms with E-state index in [1.807, 2.05) is 25.1 Å². The normalized spacial score (nSPS) is 9.79. The second-order valence-electron chi connectivity index (χ2n) is 5.47. The Balaban J connectivity index is 2.17. The second-order valence-corrected chi connectivity index (χ2v) is 5.47. The van der Waals surface area contributed by atoms with Gasteiger partial charge in [0.25, 0.3) is 5.91 Å². The standard InChI is InChI=1S/C20H22N2O2/c1-4-5-6-7-10-16-12-17(14-21-13-16)20(23)22-19-15(2)9-8-11-18(19)24-3/h8-9,11-14H,4-6H2,1-3H3,(H,22,23). The topological polar surface area (TPSA) is 51.2 Å². The zero-order valence-electron chi connectivity index (χ0n) is 14.3. The van der Waals surface area contributed by atoms with Gasteiger partial charge in [-0.2, -0.15) is 0 Å². The number of carbonyl (C=O) groups is 1. The quantitative estimate of drug-likeness (QED) is 0.663. The van der Waals surface area contributed by atoms with Gasteiger partial charge in [0.05, 0.1) is 18.4 Å². The predicted molar refractivity (Wildman–Crippen MR) is 96.3 cm³/mol. The molecule has 0 radical (unpaired) electrons. The number of unbranched alkanes of at least 4 members (excludes halogenated alkanes) is 2. The van der Waals surface area contributed by atoms with Crippen LogP contribution in [0.2, 0.25) is 0 Å². The van der Waals surface area contributed by atoms with Gasteiger partial charge in [0.2, 0.25) is 0 Å². The van der Waals surface area contributed by atoms with Gasteiger partial charge in [-0.15, -0.1) is 0 Å². The number of methoxy groups -OCH3 is 1. The fourth-order valence-corrected chi connectivity index (χ4v) is 2.22. The summed E-state index contributed by atoms with van der Waals surface area (Å²) < 4.78 is 5.31. The Kier molecular flexibility index (Phi) is 6.39. The van der Waals surface area contributed by atoms with Crippen molar-refractivity contribution in [3.63, 3.8) is 0 Å². The Labute approximate surface area is 143 Å². The van der Waals surface area contributed by atoms with Gasteiger partial charge in [0.15, 0.2) is 0 Å². The first-order valence-electron chi connectivity index (χ1n) is 8.04.